The Bertz CT molecular complexity index is 458. The lowest BCUT2D eigenvalue weighted by molar-refractivity contribution is -0.0695. The smallest absolute Gasteiger partial charge is 0.163 e. The third kappa shape index (κ3) is 3.43. The minimum absolute atomic E-state index is 0.307. The summed E-state index contributed by atoms with van der Waals surface area (Å²) in [5.41, 5.74) is -0.0607. The maximum absolute atomic E-state index is 14.3. The molecule has 0 amide bonds. The number of hydrogen-bond acceptors (Lipinski definition) is 2. The average molecular weight is 297 g/mol. The van der Waals surface area contributed by atoms with Crippen LogP contribution in [0.1, 0.15) is 57.1 Å². The molecule has 1 aliphatic rings. The lowest BCUT2D eigenvalue weighted by atomic mass is 9.76. The Hall–Kier alpha value is -1.00. The molecule has 0 aliphatic heterocycles. The Morgan fingerprint density at radius 1 is 1.24 bits per heavy atom. The summed E-state index contributed by atoms with van der Waals surface area (Å²) in [6.45, 7) is 2.82. The molecular weight excluding hydrogens is 272 g/mol. The standard InChI is InChI=1S/C17H25F2NO/c1-3-12-20-16(13-8-7-9-14(18)15(13)19)17(21-2)10-5-4-6-11-17/h7-9,16,20H,3-6,10-12H2,1-2H3. The van der Waals surface area contributed by atoms with E-state index in [1.54, 1.807) is 19.2 Å². The molecule has 4 heteroatoms. The van der Waals surface area contributed by atoms with Gasteiger partial charge in [0.05, 0.1) is 11.6 Å². The van der Waals surface area contributed by atoms with Crippen molar-refractivity contribution in [3.63, 3.8) is 0 Å². The molecule has 1 aromatic rings. The van der Waals surface area contributed by atoms with Gasteiger partial charge in [-0.15, -0.1) is 0 Å². The first-order valence-corrected chi connectivity index (χ1v) is 7.87. The third-order valence-corrected chi connectivity index (χ3v) is 4.52. The van der Waals surface area contributed by atoms with Gasteiger partial charge in [-0.25, -0.2) is 8.78 Å². The minimum Gasteiger partial charge on any atom is -0.376 e. The summed E-state index contributed by atoms with van der Waals surface area (Å²) in [6.07, 6.45) is 6.00. The van der Waals surface area contributed by atoms with E-state index in [9.17, 15) is 8.78 Å². The number of hydrogen-bond donors (Lipinski definition) is 1. The molecule has 1 fully saturated rings. The van der Waals surface area contributed by atoms with E-state index >= 15 is 0 Å². The van der Waals surface area contributed by atoms with Crippen LogP contribution in [-0.2, 0) is 4.74 Å². The maximum Gasteiger partial charge on any atom is 0.163 e. The van der Waals surface area contributed by atoms with E-state index in [0.29, 0.717) is 5.56 Å². The molecule has 1 N–H and O–H groups in total. The van der Waals surface area contributed by atoms with E-state index in [-0.39, 0.29) is 6.04 Å². The number of ether oxygens (including phenoxy) is 1. The maximum atomic E-state index is 14.3. The molecule has 0 spiro atoms. The molecule has 21 heavy (non-hydrogen) atoms. The van der Waals surface area contributed by atoms with Gasteiger partial charge in [0.2, 0.25) is 0 Å². The highest BCUT2D eigenvalue weighted by Gasteiger charge is 2.42. The van der Waals surface area contributed by atoms with Crippen LogP contribution >= 0.6 is 0 Å². The van der Waals surface area contributed by atoms with Gasteiger partial charge in [0.1, 0.15) is 0 Å². The van der Waals surface area contributed by atoms with Crippen molar-refractivity contribution in [2.24, 2.45) is 0 Å². The van der Waals surface area contributed by atoms with Crippen LogP contribution in [0.3, 0.4) is 0 Å². The van der Waals surface area contributed by atoms with Crippen LogP contribution in [0.5, 0.6) is 0 Å². The second-order valence-corrected chi connectivity index (χ2v) is 5.86. The first-order valence-electron chi connectivity index (χ1n) is 7.87. The first kappa shape index (κ1) is 16.4. The van der Waals surface area contributed by atoms with Gasteiger partial charge in [0.15, 0.2) is 11.6 Å². The van der Waals surface area contributed by atoms with Crippen LogP contribution in [-0.4, -0.2) is 19.3 Å². The monoisotopic (exact) mass is 297 g/mol. The number of halogens is 2. The average Bonchev–Trinajstić information content (AvgIpc) is 2.52. The van der Waals surface area contributed by atoms with Gasteiger partial charge in [-0.1, -0.05) is 38.3 Å². The van der Waals surface area contributed by atoms with Crippen LogP contribution in [0.4, 0.5) is 8.78 Å². The summed E-state index contributed by atoms with van der Waals surface area (Å²) in [5, 5.41) is 3.38. The molecule has 2 nitrogen and oxygen atoms in total. The van der Waals surface area contributed by atoms with E-state index in [1.165, 1.54) is 6.42 Å². The number of nitrogens with one attached hydrogen (secondary N) is 1. The second-order valence-electron chi connectivity index (χ2n) is 5.86. The van der Waals surface area contributed by atoms with E-state index in [4.69, 9.17) is 4.74 Å². The topological polar surface area (TPSA) is 21.3 Å². The van der Waals surface area contributed by atoms with Crippen molar-refractivity contribution >= 4 is 0 Å². The Morgan fingerprint density at radius 2 is 1.95 bits per heavy atom. The zero-order valence-electron chi connectivity index (χ0n) is 12.9. The number of rotatable bonds is 6. The molecule has 1 unspecified atom stereocenters. The van der Waals surface area contributed by atoms with Crippen LogP contribution in [0.25, 0.3) is 0 Å². The van der Waals surface area contributed by atoms with E-state index in [1.807, 2.05) is 0 Å². The second kappa shape index (κ2) is 7.32. The fourth-order valence-electron chi connectivity index (χ4n) is 3.37. The van der Waals surface area contributed by atoms with Crippen LogP contribution in [0, 0.1) is 11.6 Å². The number of benzene rings is 1. The van der Waals surface area contributed by atoms with E-state index in [2.05, 4.69) is 12.2 Å². The van der Waals surface area contributed by atoms with Crippen molar-refractivity contribution in [1.82, 2.24) is 5.32 Å². The lowest BCUT2D eigenvalue weighted by Gasteiger charge is -2.43. The summed E-state index contributed by atoms with van der Waals surface area (Å²) in [7, 11) is 1.68. The van der Waals surface area contributed by atoms with Crippen molar-refractivity contribution in [3.8, 4) is 0 Å². The van der Waals surface area contributed by atoms with Gasteiger partial charge >= 0.3 is 0 Å². The Labute approximate surface area is 125 Å². The molecule has 0 aromatic heterocycles. The fourth-order valence-corrected chi connectivity index (χ4v) is 3.37. The predicted octanol–water partition coefficient (Wildman–Crippen LogP) is 4.35. The van der Waals surface area contributed by atoms with Gasteiger partial charge in [0, 0.05) is 12.7 Å². The summed E-state index contributed by atoms with van der Waals surface area (Å²) in [5.74, 6) is -1.55. The third-order valence-electron chi connectivity index (χ3n) is 4.52. The fraction of sp³-hybridized carbons (Fsp3) is 0.647. The van der Waals surface area contributed by atoms with Crippen molar-refractivity contribution in [3.05, 3.63) is 35.4 Å². The highest BCUT2D eigenvalue weighted by atomic mass is 19.2. The van der Waals surface area contributed by atoms with Crippen molar-refractivity contribution < 1.29 is 13.5 Å². The molecule has 2 rings (SSSR count). The van der Waals surface area contributed by atoms with Crippen LogP contribution in [0.2, 0.25) is 0 Å². The summed E-state index contributed by atoms with van der Waals surface area (Å²) < 4.78 is 33.7. The summed E-state index contributed by atoms with van der Waals surface area (Å²) in [4.78, 5) is 0. The molecule has 1 saturated carbocycles. The van der Waals surface area contributed by atoms with Gasteiger partial charge in [0.25, 0.3) is 0 Å². The molecule has 1 aliphatic carbocycles. The van der Waals surface area contributed by atoms with Crippen molar-refractivity contribution in [1.29, 1.82) is 0 Å². The van der Waals surface area contributed by atoms with Crippen LogP contribution in [0.15, 0.2) is 18.2 Å². The van der Waals surface area contributed by atoms with Crippen LogP contribution < -0.4 is 5.32 Å². The molecule has 0 bridgehead atoms. The molecule has 118 valence electrons. The Kier molecular flexibility index (Phi) is 5.71. The Morgan fingerprint density at radius 3 is 2.57 bits per heavy atom. The lowest BCUT2D eigenvalue weighted by Crippen LogP contribution is -2.47. The molecule has 1 aromatic carbocycles. The Balaban J connectivity index is 2.38. The van der Waals surface area contributed by atoms with Gasteiger partial charge in [-0.2, -0.15) is 0 Å². The molecule has 1 atom stereocenters. The van der Waals surface area contributed by atoms with Gasteiger partial charge in [-0.05, 0) is 31.9 Å². The van der Waals surface area contributed by atoms with Crippen molar-refractivity contribution in [2.45, 2.75) is 57.1 Å². The molecule has 0 saturated heterocycles. The summed E-state index contributed by atoms with van der Waals surface area (Å²) in [6, 6.07) is 4.09. The normalized spacial score (nSPS) is 19.4. The SMILES string of the molecule is CCCNC(c1cccc(F)c1F)C1(OC)CCCCC1. The highest BCUT2D eigenvalue weighted by molar-refractivity contribution is 5.26. The minimum atomic E-state index is -0.794. The largest absolute Gasteiger partial charge is 0.376 e. The van der Waals surface area contributed by atoms with Gasteiger partial charge in [-0.3, -0.25) is 0 Å². The van der Waals surface area contributed by atoms with E-state index < -0.39 is 17.2 Å². The quantitative estimate of drug-likeness (QED) is 0.842. The molecular formula is C17H25F2NO. The highest BCUT2D eigenvalue weighted by Crippen LogP contribution is 2.42. The predicted molar refractivity (Wildman–Crippen MR) is 80.2 cm³/mol. The van der Waals surface area contributed by atoms with Gasteiger partial charge < -0.3 is 10.1 Å². The molecule has 0 heterocycles. The summed E-state index contributed by atoms with van der Waals surface area (Å²) >= 11 is 0. The first-order chi connectivity index (χ1) is 10.1. The number of methoxy groups -OCH3 is 1. The van der Waals surface area contributed by atoms with Crippen molar-refractivity contribution in [2.75, 3.05) is 13.7 Å². The zero-order chi connectivity index (χ0) is 15.3. The molecule has 0 radical (unpaired) electrons. The van der Waals surface area contributed by atoms with E-state index in [0.717, 1.165) is 44.7 Å². The zero-order valence-corrected chi connectivity index (χ0v) is 12.9.